The number of aromatic nitrogens is 1. The Kier molecular flexibility index (Phi) is 9.20. The van der Waals surface area contributed by atoms with E-state index in [1.54, 1.807) is 13.3 Å². The summed E-state index contributed by atoms with van der Waals surface area (Å²) in [7, 11) is 5.32. The van der Waals surface area contributed by atoms with E-state index < -0.39 is 34.9 Å². The number of fused-ring (bicyclic) bond motifs is 1. The average molecular weight is 560 g/mol. The van der Waals surface area contributed by atoms with Gasteiger partial charge in [0.25, 0.3) is 0 Å². The number of hydrogen-bond acceptors (Lipinski definition) is 6. The quantitative estimate of drug-likeness (QED) is 0.307. The Bertz CT molecular complexity index is 1340. The molecule has 0 unspecified atom stereocenters. The summed E-state index contributed by atoms with van der Waals surface area (Å²) in [6, 6.07) is 7.51. The predicted octanol–water partition coefficient (Wildman–Crippen LogP) is 5.34. The van der Waals surface area contributed by atoms with Crippen molar-refractivity contribution < 1.29 is 32.9 Å². The Morgan fingerprint density at radius 2 is 1.82 bits per heavy atom. The van der Waals surface area contributed by atoms with Crippen LogP contribution in [-0.4, -0.2) is 66.9 Å². The van der Waals surface area contributed by atoms with Crippen LogP contribution in [0.4, 0.5) is 18.9 Å². The number of carboxylic acid groups (broad SMARTS) is 1. The van der Waals surface area contributed by atoms with Gasteiger partial charge in [-0.15, -0.1) is 0 Å². The standard InChI is InChI=1S/C30H36F3N3O4/c1-35(2)25-18-34-24-7-6-20(40-3)17-21(24)27(25)26(37)8-9-30(29(38)39)10-13-36(14-11-30)12-4-5-19-15-22(31)28(33)23(32)16-19/h6-7,15-18,26,37H,4-5,8-14H2,1-3H3,(H,38,39)/t26-/m1/s1. The topological polar surface area (TPSA) is 86.1 Å². The highest BCUT2D eigenvalue weighted by Crippen LogP contribution is 2.41. The molecule has 2 N–H and O–H groups in total. The molecule has 1 saturated heterocycles. The highest BCUT2D eigenvalue weighted by Gasteiger charge is 2.41. The van der Waals surface area contributed by atoms with Crippen LogP contribution in [0.3, 0.4) is 0 Å². The summed E-state index contributed by atoms with van der Waals surface area (Å²) < 4.78 is 45.5. The fraction of sp³-hybridized carbons (Fsp3) is 0.467. The molecule has 2 aromatic carbocycles. The van der Waals surface area contributed by atoms with Gasteiger partial charge in [0, 0.05) is 25.0 Å². The van der Waals surface area contributed by atoms with Crippen LogP contribution in [0.25, 0.3) is 10.9 Å². The first kappa shape index (κ1) is 29.6. The summed E-state index contributed by atoms with van der Waals surface area (Å²) in [4.78, 5) is 21.0. The largest absolute Gasteiger partial charge is 0.497 e. The second-order valence-corrected chi connectivity index (χ2v) is 10.8. The zero-order chi connectivity index (χ0) is 29.0. The van der Waals surface area contributed by atoms with Crippen LogP contribution in [-0.2, 0) is 11.2 Å². The van der Waals surface area contributed by atoms with E-state index in [1.807, 2.05) is 37.2 Å². The number of nitrogens with zero attached hydrogens (tertiary/aromatic N) is 3. The van der Waals surface area contributed by atoms with Gasteiger partial charge in [-0.05, 0) is 94.1 Å². The Morgan fingerprint density at radius 1 is 1.15 bits per heavy atom. The van der Waals surface area contributed by atoms with Crippen LogP contribution in [0.2, 0.25) is 0 Å². The number of rotatable bonds is 11. The normalized spacial score (nSPS) is 16.2. The number of anilines is 1. The highest BCUT2D eigenvalue weighted by atomic mass is 19.2. The second-order valence-electron chi connectivity index (χ2n) is 10.8. The Morgan fingerprint density at radius 3 is 2.42 bits per heavy atom. The number of aliphatic hydroxyl groups excluding tert-OH is 1. The van der Waals surface area contributed by atoms with Crippen molar-refractivity contribution >= 4 is 22.6 Å². The summed E-state index contributed by atoms with van der Waals surface area (Å²) in [5.74, 6) is -4.09. The van der Waals surface area contributed by atoms with Crippen molar-refractivity contribution in [3.05, 3.63) is 65.1 Å². The molecule has 216 valence electrons. The molecule has 0 spiro atoms. The van der Waals surface area contributed by atoms with Crippen LogP contribution < -0.4 is 9.64 Å². The van der Waals surface area contributed by atoms with Crippen molar-refractivity contribution in [2.45, 2.75) is 44.6 Å². The van der Waals surface area contributed by atoms with Gasteiger partial charge in [0.15, 0.2) is 17.5 Å². The second kappa shape index (κ2) is 12.4. The van der Waals surface area contributed by atoms with Gasteiger partial charge in [-0.1, -0.05) is 0 Å². The molecule has 10 heteroatoms. The molecule has 0 saturated carbocycles. The monoisotopic (exact) mass is 559 g/mol. The minimum atomic E-state index is -1.47. The summed E-state index contributed by atoms with van der Waals surface area (Å²) >= 11 is 0. The number of pyridine rings is 1. The lowest BCUT2D eigenvalue weighted by Gasteiger charge is -2.39. The summed E-state index contributed by atoms with van der Waals surface area (Å²) in [5, 5.41) is 22.4. The zero-order valence-corrected chi connectivity index (χ0v) is 23.1. The number of aryl methyl sites for hydroxylation is 1. The third-order valence-electron chi connectivity index (χ3n) is 8.06. The van der Waals surface area contributed by atoms with Crippen molar-refractivity contribution in [1.82, 2.24) is 9.88 Å². The van der Waals surface area contributed by atoms with Gasteiger partial charge in [0.1, 0.15) is 5.75 Å². The van der Waals surface area contributed by atoms with E-state index in [0.29, 0.717) is 74.1 Å². The summed E-state index contributed by atoms with van der Waals surface area (Å²) in [5.41, 5.74) is 1.60. The van der Waals surface area contributed by atoms with Gasteiger partial charge in [0.05, 0.1) is 36.0 Å². The van der Waals surface area contributed by atoms with E-state index in [1.165, 1.54) is 0 Å². The number of aliphatic hydroxyl groups is 1. The molecule has 0 bridgehead atoms. The van der Waals surface area contributed by atoms with Crippen LogP contribution >= 0.6 is 0 Å². The lowest BCUT2D eigenvalue weighted by atomic mass is 9.74. The predicted molar refractivity (Wildman–Crippen MR) is 147 cm³/mol. The Balaban J connectivity index is 1.40. The molecule has 0 radical (unpaired) electrons. The third-order valence-corrected chi connectivity index (χ3v) is 8.06. The summed E-state index contributed by atoms with van der Waals surface area (Å²) in [6.07, 6.45) is 3.25. The molecule has 1 aliphatic heterocycles. The molecule has 1 atom stereocenters. The van der Waals surface area contributed by atoms with Gasteiger partial charge in [-0.25, -0.2) is 13.2 Å². The number of carbonyl (C=O) groups is 1. The smallest absolute Gasteiger partial charge is 0.309 e. The maximum atomic E-state index is 13.5. The van der Waals surface area contributed by atoms with Crippen LogP contribution in [0.1, 0.15) is 49.3 Å². The number of carboxylic acids is 1. The van der Waals surface area contributed by atoms with E-state index in [4.69, 9.17) is 4.74 Å². The fourth-order valence-corrected chi connectivity index (χ4v) is 5.61. The molecule has 7 nitrogen and oxygen atoms in total. The molecule has 1 aromatic heterocycles. The first-order chi connectivity index (χ1) is 19.0. The van der Waals surface area contributed by atoms with E-state index >= 15 is 0 Å². The molecule has 1 fully saturated rings. The first-order valence-electron chi connectivity index (χ1n) is 13.5. The zero-order valence-electron chi connectivity index (χ0n) is 23.1. The average Bonchev–Trinajstić information content (AvgIpc) is 2.94. The maximum Gasteiger partial charge on any atom is 0.309 e. The number of methoxy groups -OCH3 is 1. The lowest BCUT2D eigenvalue weighted by molar-refractivity contribution is -0.153. The molecule has 4 rings (SSSR count). The van der Waals surface area contributed by atoms with Gasteiger partial charge >= 0.3 is 5.97 Å². The van der Waals surface area contributed by atoms with Crippen molar-refractivity contribution in [2.75, 3.05) is 45.7 Å². The third kappa shape index (κ3) is 6.33. The summed E-state index contributed by atoms with van der Waals surface area (Å²) in [6.45, 7) is 1.76. The van der Waals surface area contributed by atoms with Crippen molar-refractivity contribution in [2.24, 2.45) is 5.41 Å². The molecule has 0 aliphatic carbocycles. The Labute approximate surface area is 232 Å². The highest BCUT2D eigenvalue weighted by molar-refractivity contribution is 5.88. The van der Waals surface area contributed by atoms with E-state index in [2.05, 4.69) is 9.88 Å². The number of halogens is 3. The van der Waals surface area contributed by atoms with E-state index in [0.717, 1.165) is 23.2 Å². The van der Waals surface area contributed by atoms with Crippen molar-refractivity contribution in [3.63, 3.8) is 0 Å². The molecule has 2 heterocycles. The van der Waals surface area contributed by atoms with Crippen LogP contribution in [0.5, 0.6) is 5.75 Å². The maximum absolute atomic E-state index is 13.5. The van der Waals surface area contributed by atoms with Crippen molar-refractivity contribution in [3.8, 4) is 5.75 Å². The van der Waals surface area contributed by atoms with Gasteiger partial charge in [-0.3, -0.25) is 9.78 Å². The van der Waals surface area contributed by atoms with Crippen LogP contribution in [0.15, 0.2) is 36.5 Å². The number of ether oxygens (including phenoxy) is 1. The van der Waals surface area contributed by atoms with Gasteiger partial charge in [0.2, 0.25) is 0 Å². The number of likely N-dealkylation sites (tertiary alicyclic amines) is 1. The minimum Gasteiger partial charge on any atom is -0.497 e. The fourth-order valence-electron chi connectivity index (χ4n) is 5.61. The van der Waals surface area contributed by atoms with Crippen LogP contribution in [0, 0.1) is 22.9 Å². The lowest BCUT2D eigenvalue weighted by Crippen LogP contribution is -2.44. The SMILES string of the molecule is COc1ccc2ncc(N(C)C)c([C@H](O)CCC3(C(=O)O)CCN(CCCc4cc(F)c(F)c(F)c4)CC3)c2c1. The first-order valence-corrected chi connectivity index (χ1v) is 13.5. The Hall–Kier alpha value is -3.37. The molecule has 1 aliphatic rings. The van der Waals surface area contributed by atoms with Crippen molar-refractivity contribution in [1.29, 1.82) is 0 Å². The number of benzene rings is 2. The molecule has 3 aromatic rings. The number of aliphatic carboxylic acids is 1. The number of piperidine rings is 1. The molecule has 40 heavy (non-hydrogen) atoms. The van der Waals surface area contributed by atoms with Gasteiger partial charge < -0.3 is 24.7 Å². The van der Waals surface area contributed by atoms with Gasteiger partial charge in [-0.2, -0.15) is 0 Å². The van der Waals surface area contributed by atoms with E-state index in [-0.39, 0.29) is 6.42 Å². The molecule has 0 amide bonds. The minimum absolute atomic E-state index is 0.269. The molecular weight excluding hydrogens is 523 g/mol. The molecular formula is C30H36F3N3O4. The van der Waals surface area contributed by atoms with E-state index in [9.17, 15) is 28.2 Å². The number of hydrogen-bond donors (Lipinski definition) is 2.